The summed E-state index contributed by atoms with van der Waals surface area (Å²) < 4.78 is 11.6. The van der Waals surface area contributed by atoms with E-state index in [-0.39, 0.29) is 0 Å². The van der Waals surface area contributed by atoms with Gasteiger partial charge in [-0.15, -0.1) is 0 Å². The second kappa shape index (κ2) is 8.43. The summed E-state index contributed by atoms with van der Waals surface area (Å²) in [5, 5.41) is 3.53. The van der Waals surface area contributed by atoms with Crippen LogP contribution in [-0.2, 0) is 6.54 Å². The van der Waals surface area contributed by atoms with Gasteiger partial charge in [-0.3, -0.25) is 0 Å². The van der Waals surface area contributed by atoms with E-state index in [1.807, 2.05) is 6.07 Å². The van der Waals surface area contributed by atoms with E-state index >= 15 is 0 Å². The van der Waals surface area contributed by atoms with Gasteiger partial charge in [0.15, 0.2) is 11.5 Å². The average Bonchev–Trinajstić information content (AvgIpc) is 2.42. The molecule has 0 saturated heterocycles. The SMILES string of the molecule is CCCCC(C)NCc1cc(Br)c(OC)c(OC)c1. The maximum atomic E-state index is 5.35. The van der Waals surface area contributed by atoms with Crippen molar-refractivity contribution < 1.29 is 9.47 Å². The summed E-state index contributed by atoms with van der Waals surface area (Å²) in [6, 6.07) is 4.62. The van der Waals surface area contributed by atoms with Crippen molar-refractivity contribution in [3.8, 4) is 11.5 Å². The molecular weight excluding hydrogens is 306 g/mol. The maximum absolute atomic E-state index is 5.35. The van der Waals surface area contributed by atoms with Crippen LogP contribution in [0.15, 0.2) is 16.6 Å². The number of ether oxygens (including phenoxy) is 2. The molecule has 3 nitrogen and oxygen atoms in total. The van der Waals surface area contributed by atoms with Crippen molar-refractivity contribution in [1.82, 2.24) is 5.32 Å². The molecule has 0 bridgehead atoms. The molecule has 1 aromatic carbocycles. The fourth-order valence-corrected chi connectivity index (χ4v) is 2.63. The van der Waals surface area contributed by atoms with Gasteiger partial charge in [0.2, 0.25) is 0 Å². The lowest BCUT2D eigenvalue weighted by Gasteiger charge is -2.15. The molecule has 1 N–H and O–H groups in total. The van der Waals surface area contributed by atoms with Crippen LogP contribution in [0, 0.1) is 0 Å². The van der Waals surface area contributed by atoms with Crippen LogP contribution in [0.2, 0.25) is 0 Å². The van der Waals surface area contributed by atoms with Crippen LogP contribution in [0.4, 0.5) is 0 Å². The normalized spacial score (nSPS) is 12.3. The van der Waals surface area contributed by atoms with E-state index in [0.717, 1.165) is 22.5 Å². The van der Waals surface area contributed by atoms with Gasteiger partial charge in [-0.1, -0.05) is 19.8 Å². The number of rotatable bonds is 8. The first-order valence-corrected chi connectivity index (χ1v) is 7.55. The molecular formula is C15H24BrNO2. The number of benzene rings is 1. The molecule has 0 aliphatic rings. The van der Waals surface area contributed by atoms with Gasteiger partial charge < -0.3 is 14.8 Å². The number of hydrogen-bond acceptors (Lipinski definition) is 3. The van der Waals surface area contributed by atoms with Crippen molar-refractivity contribution >= 4 is 15.9 Å². The summed E-state index contributed by atoms with van der Waals surface area (Å²) in [5.41, 5.74) is 1.19. The fraction of sp³-hybridized carbons (Fsp3) is 0.600. The third-order valence-electron chi connectivity index (χ3n) is 3.14. The zero-order valence-electron chi connectivity index (χ0n) is 12.3. The molecule has 1 atom stereocenters. The summed E-state index contributed by atoms with van der Waals surface area (Å²) in [4.78, 5) is 0. The van der Waals surface area contributed by atoms with Gasteiger partial charge in [0, 0.05) is 12.6 Å². The highest BCUT2D eigenvalue weighted by atomic mass is 79.9. The Labute approximate surface area is 124 Å². The highest BCUT2D eigenvalue weighted by molar-refractivity contribution is 9.10. The molecule has 4 heteroatoms. The molecule has 0 aliphatic carbocycles. The average molecular weight is 330 g/mol. The monoisotopic (exact) mass is 329 g/mol. The topological polar surface area (TPSA) is 30.5 Å². The van der Waals surface area contributed by atoms with Crippen molar-refractivity contribution in [2.24, 2.45) is 0 Å². The van der Waals surface area contributed by atoms with Crippen LogP contribution in [0.5, 0.6) is 11.5 Å². The highest BCUT2D eigenvalue weighted by Crippen LogP contribution is 2.36. The first-order valence-electron chi connectivity index (χ1n) is 6.76. The zero-order valence-corrected chi connectivity index (χ0v) is 13.8. The highest BCUT2D eigenvalue weighted by Gasteiger charge is 2.11. The standard InChI is InChI=1S/C15H24BrNO2/c1-5-6-7-11(2)17-10-12-8-13(16)15(19-4)14(9-12)18-3/h8-9,11,17H,5-7,10H2,1-4H3. The second-order valence-corrected chi connectivity index (χ2v) is 5.59. The molecule has 108 valence electrons. The lowest BCUT2D eigenvalue weighted by atomic mass is 10.1. The Morgan fingerprint density at radius 1 is 1.26 bits per heavy atom. The molecule has 1 unspecified atom stereocenters. The quantitative estimate of drug-likeness (QED) is 0.777. The molecule has 0 aliphatic heterocycles. The minimum absolute atomic E-state index is 0.534. The fourth-order valence-electron chi connectivity index (χ4n) is 1.98. The van der Waals surface area contributed by atoms with E-state index in [4.69, 9.17) is 9.47 Å². The Morgan fingerprint density at radius 3 is 2.58 bits per heavy atom. The lowest BCUT2D eigenvalue weighted by molar-refractivity contribution is 0.352. The first-order chi connectivity index (χ1) is 9.12. The van der Waals surface area contributed by atoms with Gasteiger partial charge in [0.1, 0.15) is 0 Å². The van der Waals surface area contributed by atoms with Gasteiger partial charge in [0.25, 0.3) is 0 Å². The van der Waals surface area contributed by atoms with Crippen molar-refractivity contribution in [2.45, 2.75) is 45.7 Å². The Morgan fingerprint density at radius 2 is 2.00 bits per heavy atom. The first kappa shape index (κ1) is 16.3. The molecule has 0 aromatic heterocycles. The number of hydrogen-bond donors (Lipinski definition) is 1. The maximum Gasteiger partial charge on any atom is 0.174 e. The number of methoxy groups -OCH3 is 2. The predicted octanol–water partition coefficient (Wildman–Crippen LogP) is 4.13. The molecule has 1 aromatic rings. The Bertz CT molecular complexity index is 396. The van der Waals surface area contributed by atoms with Gasteiger partial charge in [-0.05, 0) is 47.0 Å². The van der Waals surface area contributed by atoms with Crippen molar-refractivity contribution in [3.05, 3.63) is 22.2 Å². The summed E-state index contributed by atoms with van der Waals surface area (Å²) in [6.45, 7) is 5.29. The van der Waals surface area contributed by atoms with Gasteiger partial charge in [-0.25, -0.2) is 0 Å². The molecule has 0 heterocycles. The van der Waals surface area contributed by atoms with Crippen molar-refractivity contribution in [2.75, 3.05) is 14.2 Å². The number of unbranched alkanes of at least 4 members (excludes halogenated alkanes) is 1. The smallest absolute Gasteiger partial charge is 0.174 e. The molecule has 0 spiro atoms. The number of halogens is 1. The third kappa shape index (κ3) is 5.03. The molecule has 0 saturated carbocycles. The van der Waals surface area contributed by atoms with Crippen LogP contribution >= 0.6 is 15.9 Å². The van der Waals surface area contributed by atoms with E-state index in [2.05, 4.69) is 41.2 Å². The van der Waals surface area contributed by atoms with E-state index in [0.29, 0.717) is 6.04 Å². The van der Waals surface area contributed by atoms with Crippen LogP contribution in [-0.4, -0.2) is 20.3 Å². The van der Waals surface area contributed by atoms with E-state index in [9.17, 15) is 0 Å². The van der Waals surface area contributed by atoms with Gasteiger partial charge in [-0.2, -0.15) is 0 Å². The van der Waals surface area contributed by atoms with E-state index in [1.54, 1.807) is 14.2 Å². The van der Waals surface area contributed by atoms with E-state index in [1.165, 1.54) is 24.8 Å². The summed E-state index contributed by atoms with van der Waals surface area (Å²) in [6.07, 6.45) is 3.72. The summed E-state index contributed by atoms with van der Waals surface area (Å²) in [5.74, 6) is 1.50. The van der Waals surface area contributed by atoms with Crippen LogP contribution in [0.25, 0.3) is 0 Å². The molecule has 19 heavy (non-hydrogen) atoms. The van der Waals surface area contributed by atoms with Gasteiger partial charge >= 0.3 is 0 Å². The molecule has 0 amide bonds. The molecule has 1 rings (SSSR count). The minimum atomic E-state index is 0.534. The molecule has 0 fully saturated rings. The third-order valence-corrected chi connectivity index (χ3v) is 3.73. The second-order valence-electron chi connectivity index (χ2n) is 4.74. The summed E-state index contributed by atoms with van der Waals surface area (Å²) in [7, 11) is 3.30. The van der Waals surface area contributed by atoms with E-state index < -0.39 is 0 Å². The van der Waals surface area contributed by atoms with Crippen molar-refractivity contribution in [3.63, 3.8) is 0 Å². The zero-order chi connectivity index (χ0) is 14.3. The Balaban J connectivity index is 2.66. The number of nitrogens with one attached hydrogen (secondary N) is 1. The summed E-state index contributed by atoms with van der Waals surface area (Å²) >= 11 is 3.52. The predicted molar refractivity (Wildman–Crippen MR) is 83.1 cm³/mol. The molecule has 0 radical (unpaired) electrons. The van der Waals surface area contributed by atoms with Gasteiger partial charge in [0.05, 0.1) is 18.7 Å². The van der Waals surface area contributed by atoms with Crippen LogP contribution in [0.3, 0.4) is 0 Å². The lowest BCUT2D eigenvalue weighted by Crippen LogP contribution is -2.25. The largest absolute Gasteiger partial charge is 0.493 e. The van der Waals surface area contributed by atoms with Crippen LogP contribution < -0.4 is 14.8 Å². The minimum Gasteiger partial charge on any atom is -0.493 e. The van der Waals surface area contributed by atoms with Crippen LogP contribution in [0.1, 0.15) is 38.7 Å². The Kier molecular flexibility index (Phi) is 7.24. The van der Waals surface area contributed by atoms with Crippen molar-refractivity contribution in [1.29, 1.82) is 0 Å². The Hall–Kier alpha value is -0.740.